The van der Waals surface area contributed by atoms with Crippen LogP contribution in [0, 0.1) is 5.82 Å². The normalized spacial score (nSPS) is 10.3. The van der Waals surface area contributed by atoms with Crippen molar-refractivity contribution in [1.29, 1.82) is 0 Å². The second-order valence-corrected chi connectivity index (χ2v) is 4.51. The van der Waals surface area contributed by atoms with Crippen molar-refractivity contribution in [1.82, 2.24) is 0 Å². The van der Waals surface area contributed by atoms with Crippen molar-refractivity contribution in [3.63, 3.8) is 0 Å². The number of ether oxygens (including phenoxy) is 2. The van der Waals surface area contributed by atoms with Gasteiger partial charge in [-0.3, -0.25) is 0 Å². The first-order valence-corrected chi connectivity index (χ1v) is 6.88. The van der Waals surface area contributed by atoms with Crippen LogP contribution >= 0.6 is 0 Å². The molecule has 20 heavy (non-hydrogen) atoms. The zero-order chi connectivity index (χ0) is 14.2. The minimum absolute atomic E-state index is 0.253. The first kappa shape index (κ1) is 14.4. The van der Waals surface area contributed by atoms with Crippen LogP contribution in [0.15, 0.2) is 48.5 Å². The molecule has 0 heterocycles. The number of benzene rings is 2. The van der Waals surface area contributed by atoms with Gasteiger partial charge in [-0.1, -0.05) is 19.1 Å². The summed E-state index contributed by atoms with van der Waals surface area (Å²) in [6, 6.07) is 14.1. The Kier molecular flexibility index (Phi) is 5.42. The lowest BCUT2D eigenvalue weighted by Gasteiger charge is -2.08. The van der Waals surface area contributed by atoms with Crippen LogP contribution in [0.1, 0.15) is 18.9 Å². The molecule has 0 amide bonds. The molecule has 3 heteroatoms. The fourth-order valence-electron chi connectivity index (χ4n) is 1.82. The Balaban J connectivity index is 1.67. The fraction of sp³-hybridized carbons (Fsp3) is 0.294. The van der Waals surface area contributed by atoms with E-state index in [0.717, 1.165) is 18.6 Å². The zero-order valence-corrected chi connectivity index (χ0v) is 11.6. The van der Waals surface area contributed by atoms with Gasteiger partial charge in [0.1, 0.15) is 17.3 Å². The molecule has 0 fully saturated rings. The van der Waals surface area contributed by atoms with E-state index in [4.69, 9.17) is 9.47 Å². The van der Waals surface area contributed by atoms with E-state index in [0.29, 0.717) is 19.0 Å². The van der Waals surface area contributed by atoms with E-state index >= 15 is 0 Å². The molecule has 2 rings (SSSR count). The van der Waals surface area contributed by atoms with Gasteiger partial charge in [0.05, 0.1) is 13.2 Å². The first-order chi connectivity index (χ1) is 9.78. The molecule has 0 radical (unpaired) electrons. The van der Waals surface area contributed by atoms with Crippen LogP contribution in [-0.4, -0.2) is 13.2 Å². The quantitative estimate of drug-likeness (QED) is 0.703. The van der Waals surface area contributed by atoms with Crippen molar-refractivity contribution in [2.24, 2.45) is 0 Å². The summed E-state index contributed by atoms with van der Waals surface area (Å²) in [6.07, 6.45) is 1.79. The van der Waals surface area contributed by atoms with Gasteiger partial charge >= 0.3 is 0 Å². The molecular formula is C17H19FO2. The molecule has 0 aromatic heterocycles. The molecule has 0 atom stereocenters. The van der Waals surface area contributed by atoms with E-state index < -0.39 is 0 Å². The molecule has 0 bridgehead atoms. The molecule has 2 aromatic carbocycles. The Morgan fingerprint density at radius 1 is 0.900 bits per heavy atom. The zero-order valence-electron chi connectivity index (χ0n) is 11.6. The third kappa shape index (κ3) is 4.57. The van der Waals surface area contributed by atoms with Gasteiger partial charge < -0.3 is 9.47 Å². The highest BCUT2D eigenvalue weighted by Gasteiger charge is 1.97. The van der Waals surface area contributed by atoms with Crippen molar-refractivity contribution < 1.29 is 13.9 Å². The maximum absolute atomic E-state index is 12.7. The van der Waals surface area contributed by atoms with Crippen LogP contribution in [0.5, 0.6) is 11.5 Å². The predicted octanol–water partition coefficient (Wildman–Crippen LogP) is 4.24. The van der Waals surface area contributed by atoms with Crippen LogP contribution in [0.4, 0.5) is 4.39 Å². The second-order valence-electron chi connectivity index (χ2n) is 4.51. The predicted molar refractivity (Wildman–Crippen MR) is 77.8 cm³/mol. The first-order valence-electron chi connectivity index (χ1n) is 6.88. The molecule has 2 nitrogen and oxygen atoms in total. The number of aryl methyl sites for hydroxylation is 1. The summed E-state index contributed by atoms with van der Waals surface area (Å²) < 4.78 is 23.9. The number of hydrogen-bond acceptors (Lipinski definition) is 2. The van der Waals surface area contributed by atoms with E-state index in [2.05, 4.69) is 19.1 Å². The maximum Gasteiger partial charge on any atom is 0.123 e. The fourth-order valence-corrected chi connectivity index (χ4v) is 1.82. The standard InChI is InChI=1S/C17H19FO2/c1-2-14-5-3-6-17(13-14)20-12-4-11-19-16-9-7-15(18)8-10-16/h3,5-10,13H,2,4,11-12H2,1H3. The van der Waals surface area contributed by atoms with Crippen molar-refractivity contribution in [3.05, 3.63) is 59.9 Å². The van der Waals surface area contributed by atoms with Crippen molar-refractivity contribution in [2.75, 3.05) is 13.2 Å². The van der Waals surface area contributed by atoms with Crippen molar-refractivity contribution >= 4 is 0 Å². The lowest BCUT2D eigenvalue weighted by molar-refractivity contribution is 0.247. The number of hydrogen-bond donors (Lipinski definition) is 0. The summed E-state index contributed by atoms with van der Waals surface area (Å²) in [5.41, 5.74) is 1.27. The molecule has 0 unspecified atom stereocenters. The molecule has 0 aliphatic carbocycles. The van der Waals surface area contributed by atoms with Gasteiger partial charge in [-0.2, -0.15) is 0 Å². The summed E-state index contributed by atoms with van der Waals surface area (Å²) >= 11 is 0. The highest BCUT2D eigenvalue weighted by Crippen LogP contribution is 2.14. The van der Waals surface area contributed by atoms with E-state index in [9.17, 15) is 4.39 Å². The Hall–Kier alpha value is -2.03. The third-order valence-electron chi connectivity index (χ3n) is 2.95. The minimum atomic E-state index is -0.253. The van der Waals surface area contributed by atoms with E-state index in [-0.39, 0.29) is 5.82 Å². The Labute approximate surface area is 119 Å². The van der Waals surface area contributed by atoms with E-state index in [1.807, 2.05) is 12.1 Å². The molecule has 0 saturated heterocycles. The lowest BCUT2D eigenvalue weighted by Crippen LogP contribution is -2.05. The Morgan fingerprint density at radius 3 is 2.30 bits per heavy atom. The number of halogens is 1. The topological polar surface area (TPSA) is 18.5 Å². The summed E-state index contributed by atoms with van der Waals surface area (Å²) in [4.78, 5) is 0. The van der Waals surface area contributed by atoms with Gasteiger partial charge in [0.15, 0.2) is 0 Å². The Morgan fingerprint density at radius 2 is 1.60 bits per heavy atom. The van der Waals surface area contributed by atoms with Gasteiger partial charge in [0.25, 0.3) is 0 Å². The highest BCUT2D eigenvalue weighted by atomic mass is 19.1. The third-order valence-corrected chi connectivity index (χ3v) is 2.95. The summed E-state index contributed by atoms with van der Waals surface area (Å²) in [5.74, 6) is 1.32. The highest BCUT2D eigenvalue weighted by molar-refractivity contribution is 5.28. The maximum atomic E-state index is 12.7. The van der Waals surface area contributed by atoms with Crippen LogP contribution < -0.4 is 9.47 Å². The van der Waals surface area contributed by atoms with Crippen LogP contribution in [0.2, 0.25) is 0 Å². The van der Waals surface area contributed by atoms with Crippen molar-refractivity contribution in [2.45, 2.75) is 19.8 Å². The van der Waals surface area contributed by atoms with Crippen LogP contribution in [0.3, 0.4) is 0 Å². The summed E-state index contributed by atoms with van der Waals surface area (Å²) in [7, 11) is 0. The molecule has 0 aliphatic heterocycles. The molecule has 0 N–H and O–H groups in total. The summed E-state index contributed by atoms with van der Waals surface area (Å²) in [5, 5.41) is 0. The molecular weight excluding hydrogens is 255 g/mol. The van der Waals surface area contributed by atoms with Gasteiger partial charge in [-0.25, -0.2) is 4.39 Å². The van der Waals surface area contributed by atoms with Crippen LogP contribution in [-0.2, 0) is 6.42 Å². The average Bonchev–Trinajstić information content (AvgIpc) is 2.49. The van der Waals surface area contributed by atoms with Gasteiger partial charge in [0.2, 0.25) is 0 Å². The SMILES string of the molecule is CCc1cccc(OCCCOc2ccc(F)cc2)c1. The molecule has 106 valence electrons. The van der Waals surface area contributed by atoms with Crippen LogP contribution in [0.25, 0.3) is 0 Å². The largest absolute Gasteiger partial charge is 0.493 e. The monoisotopic (exact) mass is 274 g/mol. The lowest BCUT2D eigenvalue weighted by atomic mass is 10.2. The van der Waals surface area contributed by atoms with Gasteiger partial charge in [-0.05, 0) is 48.4 Å². The molecule has 0 aliphatic rings. The van der Waals surface area contributed by atoms with E-state index in [1.165, 1.54) is 17.7 Å². The second kappa shape index (κ2) is 7.53. The van der Waals surface area contributed by atoms with Gasteiger partial charge in [0, 0.05) is 6.42 Å². The molecule has 0 spiro atoms. The van der Waals surface area contributed by atoms with Crippen molar-refractivity contribution in [3.8, 4) is 11.5 Å². The average molecular weight is 274 g/mol. The number of rotatable bonds is 7. The summed E-state index contributed by atoms with van der Waals surface area (Å²) in [6.45, 7) is 3.28. The Bertz CT molecular complexity index is 523. The smallest absolute Gasteiger partial charge is 0.123 e. The van der Waals surface area contributed by atoms with E-state index in [1.54, 1.807) is 12.1 Å². The van der Waals surface area contributed by atoms with Gasteiger partial charge in [-0.15, -0.1) is 0 Å². The molecule has 2 aromatic rings. The minimum Gasteiger partial charge on any atom is -0.493 e. The molecule has 0 saturated carbocycles.